The van der Waals surface area contributed by atoms with E-state index in [1.807, 2.05) is 36.9 Å². The van der Waals surface area contributed by atoms with E-state index in [4.69, 9.17) is 0 Å². The number of hydrogen-bond donors (Lipinski definition) is 0. The van der Waals surface area contributed by atoms with E-state index in [0.29, 0.717) is 5.56 Å². The second kappa shape index (κ2) is 4.21. The summed E-state index contributed by atoms with van der Waals surface area (Å²) in [5.74, 6) is 0. The molecule has 4 heteroatoms. The van der Waals surface area contributed by atoms with E-state index in [-0.39, 0.29) is 0 Å². The zero-order valence-corrected chi connectivity index (χ0v) is 10.8. The third kappa shape index (κ3) is 1.76. The van der Waals surface area contributed by atoms with Crippen LogP contribution in [0.4, 0.5) is 0 Å². The van der Waals surface area contributed by atoms with Gasteiger partial charge < -0.3 is 4.57 Å². The van der Waals surface area contributed by atoms with Crippen LogP contribution in [0, 0.1) is 18.3 Å². The minimum Gasteiger partial charge on any atom is -0.349 e. The summed E-state index contributed by atoms with van der Waals surface area (Å²) in [5, 5.41) is 10.4. The first-order valence-electron chi connectivity index (χ1n) is 5.97. The van der Waals surface area contributed by atoms with Gasteiger partial charge in [0.05, 0.1) is 16.8 Å². The number of benzene rings is 1. The topological polar surface area (TPSA) is 54.5 Å². The molecule has 0 bridgehead atoms. The number of aromatic nitrogens is 3. The summed E-state index contributed by atoms with van der Waals surface area (Å²) in [5.41, 5.74) is 4.57. The molecule has 0 unspecified atom stereocenters. The van der Waals surface area contributed by atoms with Gasteiger partial charge in [0.25, 0.3) is 0 Å². The Morgan fingerprint density at radius 1 is 1.32 bits per heavy atom. The van der Waals surface area contributed by atoms with Crippen molar-refractivity contribution < 1.29 is 0 Å². The van der Waals surface area contributed by atoms with Crippen LogP contribution >= 0.6 is 0 Å². The van der Waals surface area contributed by atoms with Gasteiger partial charge >= 0.3 is 0 Å². The molecule has 0 atom stereocenters. The standard InChI is InChI=1S/C15H12N4/c1-10-8-19(2)15-12(7-16)5-11(6-13(10)15)14-3-4-17-9-18-14/h3-6,8-9H,1-2H3. The molecule has 0 aliphatic rings. The first kappa shape index (κ1) is 11.4. The number of nitrogens with zero attached hydrogens (tertiary/aromatic N) is 4. The Kier molecular flexibility index (Phi) is 2.53. The largest absolute Gasteiger partial charge is 0.349 e. The van der Waals surface area contributed by atoms with Crippen LogP contribution in [-0.2, 0) is 7.05 Å². The maximum Gasteiger partial charge on any atom is 0.116 e. The Balaban J connectivity index is 2.36. The summed E-state index contributed by atoms with van der Waals surface area (Å²) >= 11 is 0. The van der Waals surface area contributed by atoms with E-state index in [1.165, 1.54) is 6.33 Å². The van der Waals surface area contributed by atoms with Crippen molar-refractivity contribution in [1.29, 1.82) is 5.26 Å². The van der Waals surface area contributed by atoms with Crippen molar-refractivity contribution in [2.75, 3.05) is 0 Å². The van der Waals surface area contributed by atoms with Gasteiger partial charge in [-0.05, 0) is 30.7 Å². The third-order valence-electron chi connectivity index (χ3n) is 3.27. The molecule has 2 aromatic heterocycles. The van der Waals surface area contributed by atoms with Gasteiger partial charge in [-0.25, -0.2) is 9.97 Å². The third-order valence-corrected chi connectivity index (χ3v) is 3.27. The molecule has 0 amide bonds. The summed E-state index contributed by atoms with van der Waals surface area (Å²) in [6.45, 7) is 2.05. The number of fused-ring (bicyclic) bond motifs is 1. The normalized spacial score (nSPS) is 10.6. The van der Waals surface area contributed by atoms with Crippen molar-refractivity contribution in [3.63, 3.8) is 0 Å². The molecule has 0 saturated heterocycles. The molecule has 2 heterocycles. The first-order valence-corrected chi connectivity index (χ1v) is 5.97. The highest BCUT2D eigenvalue weighted by atomic mass is 14.9. The van der Waals surface area contributed by atoms with Crippen molar-refractivity contribution >= 4 is 10.9 Å². The SMILES string of the molecule is Cc1cn(C)c2c(C#N)cc(-c3ccncn3)cc12. The summed E-state index contributed by atoms with van der Waals surface area (Å²) in [7, 11) is 1.96. The lowest BCUT2D eigenvalue weighted by Gasteiger charge is -2.04. The number of rotatable bonds is 1. The summed E-state index contributed by atoms with van der Waals surface area (Å²) in [6.07, 6.45) is 5.26. The molecule has 0 aliphatic carbocycles. The molecule has 0 radical (unpaired) electrons. The Bertz CT molecular complexity index is 794. The Labute approximate surface area is 111 Å². The van der Waals surface area contributed by atoms with Crippen LogP contribution in [0.3, 0.4) is 0 Å². The van der Waals surface area contributed by atoms with Crippen LogP contribution in [0.2, 0.25) is 0 Å². The number of nitriles is 1. The zero-order chi connectivity index (χ0) is 13.4. The fourth-order valence-corrected chi connectivity index (χ4v) is 2.43. The molecule has 0 N–H and O–H groups in total. The maximum atomic E-state index is 9.34. The van der Waals surface area contributed by atoms with Gasteiger partial charge in [0.15, 0.2) is 0 Å². The predicted molar refractivity (Wildman–Crippen MR) is 73.4 cm³/mol. The average molecular weight is 248 g/mol. The molecule has 0 spiro atoms. The monoisotopic (exact) mass is 248 g/mol. The van der Waals surface area contributed by atoms with Crippen LogP contribution < -0.4 is 0 Å². The fourth-order valence-electron chi connectivity index (χ4n) is 2.43. The van der Waals surface area contributed by atoms with Crippen molar-refractivity contribution in [2.24, 2.45) is 7.05 Å². The lowest BCUT2D eigenvalue weighted by molar-refractivity contribution is 0.962. The maximum absolute atomic E-state index is 9.34. The molecular formula is C15H12N4. The quantitative estimate of drug-likeness (QED) is 0.665. The van der Waals surface area contributed by atoms with E-state index in [0.717, 1.165) is 27.7 Å². The Morgan fingerprint density at radius 3 is 2.84 bits per heavy atom. The highest BCUT2D eigenvalue weighted by Gasteiger charge is 2.11. The molecular weight excluding hydrogens is 236 g/mol. The second-order valence-electron chi connectivity index (χ2n) is 4.55. The minimum absolute atomic E-state index is 0.668. The average Bonchev–Trinajstić information content (AvgIpc) is 2.74. The minimum atomic E-state index is 0.668. The zero-order valence-electron chi connectivity index (χ0n) is 10.8. The number of hydrogen-bond acceptors (Lipinski definition) is 3. The highest BCUT2D eigenvalue weighted by Crippen LogP contribution is 2.29. The molecule has 92 valence electrons. The van der Waals surface area contributed by atoms with Gasteiger partial charge in [-0.1, -0.05) is 0 Å². The first-order chi connectivity index (χ1) is 9.20. The molecule has 0 aliphatic heterocycles. The van der Waals surface area contributed by atoms with Gasteiger partial charge in [-0.3, -0.25) is 0 Å². The number of aryl methyl sites for hydroxylation is 2. The summed E-state index contributed by atoms with van der Waals surface area (Å²) in [4.78, 5) is 8.16. The van der Waals surface area contributed by atoms with Gasteiger partial charge in [-0.15, -0.1) is 0 Å². The van der Waals surface area contributed by atoms with Crippen molar-refractivity contribution in [2.45, 2.75) is 6.92 Å². The predicted octanol–water partition coefficient (Wildman–Crippen LogP) is 2.82. The van der Waals surface area contributed by atoms with Gasteiger partial charge in [0.2, 0.25) is 0 Å². The van der Waals surface area contributed by atoms with E-state index in [1.54, 1.807) is 6.20 Å². The van der Waals surface area contributed by atoms with Gasteiger partial charge in [0.1, 0.15) is 12.4 Å². The fraction of sp³-hybridized carbons (Fsp3) is 0.133. The van der Waals surface area contributed by atoms with Crippen molar-refractivity contribution in [3.8, 4) is 17.3 Å². The molecule has 1 aromatic carbocycles. The molecule has 0 saturated carbocycles. The second-order valence-corrected chi connectivity index (χ2v) is 4.55. The van der Waals surface area contributed by atoms with Gasteiger partial charge in [-0.2, -0.15) is 5.26 Å². The van der Waals surface area contributed by atoms with Crippen molar-refractivity contribution in [3.05, 3.63) is 48.0 Å². The van der Waals surface area contributed by atoms with Crippen LogP contribution in [0.25, 0.3) is 22.2 Å². The van der Waals surface area contributed by atoms with Crippen LogP contribution in [0.15, 0.2) is 36.9 Å². The molecule has 4 nitrogen and oxygen atoms in total. The molecule has 19 heavy (non-hydrogen) atoms. The van der Waals surface area contributed by atoms with Crippen LogP contribution in [0.1, 0.15) is 11.1 Å². The molecule has 3 rings (SSSR count). The smallest absolute Gasteiger partial charge is 0.116 e. The lowest BCUT2D eigenvalue weighted by Crippen LogP contribution is -1.90. The van der Waals surface area contributed by atoms with Crippen molar-refractivity contribution in [1.82, 2.24) is 14.5 Å². The van der Waals surface area contributed by atoms with E-state index in [2.05, 4.69) is 22.1 Å². The van der Waals surface area contributed by atoms with Crippen LogP contribution in [-0.4, -0.2) is 14.5 Å². The van der Waals surface area contributed by atoms with E-state index >= 15 is 0 Å². The lowest BCUT2D eigenvalue weighted by atomic mass is 10.0. The Hall–Kier alpha value is -2.67. The molecule has 0 fully saturated rings. The summed E-state index contributed by atoms with van der Waals surface area (Å²) < 4.78 is 1.99. The summed E-state index contributed by atoms with van der Waals surface area (Å²) in [6, 6.07) is 8.07. The van der Waals surface area contributed by atoms with Gasteiger partial charge in [0, 0.05) is 30.4 Å². The Morgan fingerprint density at radius 2 is 2.16 bits per heavy atom. The van der Waals surface area contributed by atoms with Crippen LogP contribution in [0.5, 0.6) is 0 Å². The van der Waals surface area contributed by atoms with E-state index in [9.17, 15) is 5.26 Å². The highest BCUT2D eigenvalue weighted by molar-refractivity contribution is 5.92. The molecule has 3 aromatic rings. The van der Waals surface area contributed by atoms with E-state index < -0.39 is 0 Å².